The maximum Gasteiger partial charge on any atom is 0.265 e. The smallest absolute Gasteiger partial charge is 0.265 e. The first-order valence-electron chi connectivity index (χ1n) is 4.76. The lowest BCUT2D eigenvalue weighted by molar-refractivity contribution is 0.0792. The molecule has 5 heteroatoms. The summed E-state index contributed by atoms with van der Waals surface area (Å²) in [5.74, 6) is 0.731. The van der Waals surface area contributed by atoms with Gasteiger partial charge in [0.15, 0.2) is 0 Å². The van der Waals surface area contributed by atoms with E-state index in [4.69, 9.17) is 0 Å². The van der Waals surface area contributed by atoms with E-state index in [0.717, 1.165) is 21.5 Å². The summed E-state index contributed by atoms with van der Waals surface area (Å²) in [6.45, 7) is 3.86. The Kier molecular flexibility index (Phi) is 3.72. The number of carbonyl (C=O) groups is 1. The van der Waals surface area contributed by atoms with Gasteiger partial charge in [0.2, 0.25) is 0 Å². The van der Waals surface area contributed by atoms with E-state index in [1.165, 1.54) is 11.3 Å². The van der Waals surface area contributed by atoms with Crippen molar-refractivity contribution in [1.82, 2.24) is 4.90 Å². The van der Waals surface area contributed by atoms with Gasteiger partial charge in [-0.25, -0.2) is 0 Å². The Balaban J connectivity index is 2.13. The van der Waals surface area contributed by atoms with Crippen LogP contribution < -0.4 is 0 Å². The van der Waals surface area contributed by atoms with Crippen LogP contribution >= 0.6 is 49.9 Å². The third kappa shape index (κ3) is 2.39. The normalized spacial score (nSPS) is 25.9. The second-order valence-corrected chi connectivity index (χ2v) is 7.06. The molecule has 2 atom stereocenters. The summed E-state index contributed by atoms with van der Waals surface area (Å²) in [7, 11) is 0. The summed E-state index contributed by atoms with van der Waals surface area (Å²) >= 11 is 7.35. The van der Waals surface area contributed by atoms with Crippen LogP contribution in [0.5, 0.6) is 0 Å². The van der Waals surface area contributed by atoms with Gasteiger partial charge in [0.1, 0.15) is 4.88 Å². The van der Waals surface area contributed by atoms with E-state index in [0.29, 0.717) is 10.7 Å². The standard InChI is InChI=1S/C10H11BrINOS/c1-6-4-13(5-7(6)11)10(14)9-8(12)2-3-15-9/h2-3,6-7H,4-5H2,1H3. The van der Waals surface area contributed by atoms with Gasteiger partial charge in [-0.3, -0.25) is 4.79 Å². The summed E-state index contributed by atoms with van der Waals surface area (Å²) in [5.41, 5.74) is 0. The predicted octanol–water partition coefficient (Wildman–Crippen LogP) is 3.21. The van der Waals surface area contributed by atoms with E-state index >= 15 is 0 Å². The fourth-order valence-electron chi connectivity index (χ4n) is 1.68. The van der Waals surface area contributed by atoms with Gasteiger partial charge >= 0.3 is 0 Å². The van der Waals surface area contributed by atoms with E-state index in [9.17, 15) is 4.79 Å². The Morgan fingerprint density at radius 2 is 2.40 bits per heavy atom. The fourth-order valence-corrected chi connectivity index (χ4v) is 3.99. The number of carbonyl (C=O) groups excluding carboxylic acids is 1. The van der Waals surface area contributed by atoms with Gasteiger partial charge in [0.05, 0.1) is 0 Å². The molecular formula is C10H11BrINOS. The number of thiophene rings is 1. The molecule has 15 heavy (non-hydrogen) atoms. The topological polar surface area (TPSA) is 20.3 Å². The summed E-state index contributed by atoms with van der Waals surface area (Å²) in [6, 6.07) is 1.99. The predicted molar refractivity (Wildman–Crippen MR) is 74.8 cm³/mol. The highest BCUT2D eigenvalue weighted by Gasteiger charge is 2.32. The Hall–Kier alpha value is 0.380. The molecule has 1 aliphatic heterocycles. The number of halogens is 2. The molecule has 1 aromatic heterocycles. The van der Waals surface area contributed by atoms with Gasteiger partial charge in [-0.15, -0.1) is 11.3 Å². The maximum absolute atomic E-state index is 12.1. The average Bonchev–Trinajstić information content (AvgIpc) is 2.74. The van der Waals surface area contributed by atoms with Crippen molar-refractivity contribution in [3.8, 4) is 0 Å². The van der Waals surface area contributed by atoms with Crippen molar-refractivity contribution >= 4 is 55.8 Å². The monoisotopic (exact) mass is 399 g/mol. The molecule has 1 aromatic rings. The zero-order valence-corrected chi connectivity index (χ0v) is 12.8. The quantitative estimate of drug-likeness (QED) is 0.524. The van der Waals surface area contributed by atoms with E-state index in [-0.39, 0.29) is 5.91 Å². The van der Waals surface area contributed by atoms with E-state index in [1.54, 1.807) is 0 Å². The highest BCUT2D eigenvalue weighted by Crippen LogP contribution is 2.27. The molecule has 0 spiro atoms. The molecule has 2 rings (SSSR count). The van der Waals surface area contributed by atoms with Crippen molar-refractivity contribution in [2.45, 2.75) is 11.8 Å². The van der Waals surface area contributed by atoms with Gasteiger partial charge in [-0.2, -0.15) is 0 Å². The van der Waals surface area contributed by atoms with Crippen LogP contribution in [-0.4, -0.2) is 28.7 Å². The summed E-state index contributed by atoms with van der Waals surface area (Å²) in [6.07, 6.45) is 0. The minimum atomic E-state index is 0.184. The van der Waals surface area contributed by atoms with Crippen LogP contribution in [0.3, 0.4) is 0 Å². The highest BCUT2D eigenvalue weighted by molar-refractivity contribution is 14.1. The molecular weight excluding hydrogens is 389 g/mol. The molecule has 2 nitrogen and oxygen atoms in total. The molecule has 1 amide bonds. The first-order chi connectivity index (χ1) is 7.09. The van der Waals surface area contributed by atoms with Gasteiger partial charge < -0.3 is 4.90 Å². The zero-order chi connectivity index (χ0) is 11.0. The molecule has 1 aliphatic rings. The first-order valence-corrected chi connectivity index (χ1v) is 7.63. The highest BCUT2D eigenvalue weighted by atomic mass is 127. The van der Waals surface area contributed by atoms with Crippen molar-refractivity contribution in [3.05, 3.63) is 19.9 Å². The van der Waals surface area contributed by atoms with Crippen LogP contribution in [0.4, 0.5) is 0 Å². The minimum absolute atomic E-state index is 0.184. The first kappa shape index (κ1) is 11.9. The van der Waals surface area contributed by atoms with Crippen molar-refractivity contribution in [2.75, 3.05) is 13.1 Å². The number of alkyl halides is 1. The number of likely N-dealkylation sites (tertiary alicyclic amines) is 1. The second kappa shape index (κ2) is 4.71. The lowest BCUT2D eigenvalue weighted by Crippen LogP contribution is -2.28. The number of amides is 1. The Morgan fingerprint density at radius 1 is 1.67 bits per heavy atom. The Morgan fingerprint density at radius 3 is 2.87 bits per heavy atom. The number of hydrogen-bond donors (Lipinski definition) is 0. The van der Waals surface area contributed by atoms with E-state index in [1.807, 2.05) is 16.3 Å². The summed E-state index contributed by atoms with van der Waals surface area (Å²) in [4.78, 5) is 15.4. The van der Waals surface area contributed by atoms with Gasteiger partial charge in [-0.1, -0.05) is 22.9 Å². The summed E-state index contributed by atoms with van der Waals surface area (Å²) < 4.78 is 1.06. The lowest BCUT2D eigenvalue weighted by Gasteiger charge is -2.14. The molecule has 0 N–H and O–H groups in total. The third-order valence-corrected chi connectivity index (χ3v) is 5.98. The van der Waals surface area contributed by atoms with Gasteiger partial charge in [0, 0.05) is 21.5 Å². The minimum Gasteiger partial charge on any atom is -0.336 e. The zero-order valence-electron chi connectivity index (χ0n) is 8.24. The molecule has 0 aromatic carbocycles. The molecule has 0 saturated carbocycles. The van der Waals surface area contributed by atoms with E-state index < -0.39 is 0 Å². The molecule has 0 radical (unpaired) electrons. The summed E-state index contributed by atoms with van der Waals surface area (Å²) in [5, 5.41) is 1.97. The third-order valence-electron chi connectivity index (χ3n) is 2.62. The number of hydrogen-bond acceptors (Lipinski definition) is 2. The van der Waals surface area contributed by atoms with Crippen molar-refractivity contribution < 1.29 is 4.79 Å². The molecule has 0 bridgehead atoms. The van der Waals surface area contributed by atoms with Crippen LogP contribution in [-0.2, 0) is 0 Å². The molecule has 1 saturated heterocycles. The number of nitrogens with zero attached hydrogens (tertiary/aromatic N) is 1. The SMILES string of the molecule is CC1CN(C(=O)c2sccc2I)CC1Br. The maximum atomic E-state index is 12.1. The van der Waals surface area contributed by atoms with Crippen LogP contribution in [0.2, 0.25) is 0 Å². The molecule has 2 heterocycles. The number of rotatable bonds is 1. The van der Waals surface area contributed by atoms with Crippen LogP contribution in [0.15, 0.2) is 11.4 Å². The molecule has 1 fully saturated rings. The van der Waals surface area contributed by atoms with Gasteiger partial charge in [0.25, 0.3) is 5.91 Å². The molecule has 82 valence electrons. The molecule has 2 unspecified atom stereocenters. The molecule has 0 aliphatic carbocycles. The van der Waals surface area contributed by atoms with Crippen LogP contribution in [0, 0.1) is 9.49 Å². The van der Waals surface area contributed by atoms with Crippen LogP contribution in [0.1, 0.15) is 16.6 Å². The van der Waals surface area contributed by atoms with Crippen molar-refractivity contribution in [3.63, 3.8) is 0 Å². The Bertz CT molecular complexity index is 371. The van der Waals surface area contributed by atoms with Crippen molar-refractivity contribution in [1.29, 1.82) is 0 Å². The largest absolute Gasteiger partial charge is 0.336 e. The van der Waals surface area contributed by atoms with Gasteiger partial charge in [-0.05, 0) is 40.0 Å². The lowest BCUT2D eigenvalue weighted by atomic mass is 10.2. The van der Waals surface area contributed by atoms with E-state index in [2.05, 4.69) is 45.4 Å². The second-order valence-electron chi connectivity index (χ2n) is 3.80. The van der Waals surface area contributed by atoms with Crippen LogP contribution in [0.25, 0.3) is 0 Å². The average molecular weight is 400 g/mol. The fraction of sp³-hybridized carbons (Fsp3) is 0.500. The van der Waals surface area contributed by atoms with Crippen molar-refractivity contribution in [2.24, 2.45) is 5.92 Å². The Labute approximate surface area is 115 Å².